The fraction of sp³-hybridized carbons (Fsp3) is 0.538. The van der Waals surface area contributed by atoms with Crippen LogP contribution in [-0.2, 0) is 10.2 Å². The van der Waals surface area contributed by atoms with Gasteiger partial charge in [0.1, 0.15) is 5.82 Å². The molecule has 1 rings (SSSR count). The lowest BCUT2D eigenvalue weighted by molar-refractivity contribution is 0.458. The fourth-order valence-corrected chi connectivity index (χ4v) is 2.58. The zero-order valence-corrected chi connectivity index (χ0v) is 12.7. The van der Waals surface area contributed by atoms with Gasteiger partial charge in [0.2, 0.25) is 0 Å². The summed E-state index contributed by atoms with van der Waals surface area (Å²) in [7, 11) is -2.24. The average molecular weight is 303 g/mol. The van der Waals surface area contributed by atoms with E-state index in [9.17, 15) is 12.8 Å². The normalized spacial score (nSPS) is 11.8. The monoisotopic (exact) mass is 303 g/mol. The lowest BCUT2D eigenvalue weighted by Gasteiger charge is -2.18. The van der Waals surface area contributed by atoms with Crippen LogP contribution in [0.15, 0.2) is 24.3 Å². The minimum Gasteiger partial charge on any atom is -0.317 e. The van der Waals surface area contributed by atoms with Crippen molar-refractivity contribution in [3.05, 3.63) is 30.1 Å². The number of para-hydroxylation sites is 1. The van der Waals surface area contributed by atoms with Gasteiger partial charge >= 0.3 is 10.2 Å². The van der Waals surface area contributed by atoms with Gasteiger partial charge in [0.15, 0.2) is 0 Å². The van der Waals surface area contributed by atoms with E-state index < -0.39 is 16.0 Å². The van der Waals surface area contributed by atoms with E-state index in [1.54, 1.807) is 6.07 Å². The third-order valence-corrected chi connectivity index (χ3v) is 4.26. The van der Waals surface area contributed by atoms with Crippen LogP contribution in [0.1, 0.15) is 19.8 Å². The Morgan fingerprint density at radius 3 is 2.60 bits per heavy atom. The van der Waals surface area contributed by atoms with Crippen LogP contribution in [0.3, 0.4) is 0 Å². The highest BCUT2D eigenvalue weighted by molar-refractivity contribution is 7.90. The highest BCUT2D eigenvalue weighted by atomic mass is 32.2. The number of benzene rings is 1. The van der Waals surface area contributed by atoms with Gasteiger partial charge < -0.3 is 5.32 Å². The Balaban J connectivity index is 2.49. The number of rotatable bonds is 9. The van der Waals surface area contributed by atoms with Gasteiger partial charge in [0, 0.05) is 13.6 Å². The van der Waals surface area contributed by atoms with Crippen LogP contribution < -0.4 is 10.0 Å². The number of hydrogen-bond acceptors (Lipinski definition) is 3. The molecular weight excluding hydrogens is 281 g/mol. The first-order valence-electron chi connectivity index (χ1n) is 6.66. The number of nitrogens with one attached hydrogen (secondary N) is 2. The van der Waals surface area contributed by atoms with E-state index in [2.05, 4.69) is 17.0 Å². The zero-order chi connectivity index (χ0) is 15.0. The maximum atomic E-state index is 13.4. The van der Waals surface area contributed by atoms with E-state index in [-0.39, 0.29) is 5.69 Å². The Bertz CT molecular complexity index is 508. The fourth-order valence-electron chi connectivity index (χ4n) is 1.61. The van der Waals surface area contributed by atoms with E-state index in [0.717, 1.165) is 19.5 Å². The lowest BCUT2D eigenvalue weighted by atomic mass is 10.3. The SMILES string of the molecule is CCCNCCCN(C)S(=O)(=O)Nc1ccccc1F. The molecule has 0 atom stereocenters. The summed E-state index contributed by atoms with van der Waals surface area (Å²) in [6.45, 7) is 4.12. The topological polar surface area (TPSA) is 61.4 Å². The van der Waals surface area contributed by atoms with Crippen molar-refractivity contribution in [3.8, 4) is 0 Å². The molecule has 5 nitrogen and oxygen atoms in total. The number of halogens is 1. The molecule has 0 unspecified atom stereocenters. The molecule has 0 fully saturated rings. The van der Waals surface area contributed by atoms with Gasteiger partial charge in [-0.2, -0.15) is 12.7 Å². The first-order valence-corrected chi connectivity index (χ1v) is 8.10. The molecule has 0 aliphatic carbocycles. The summed E-state index contributed by atoms with van der Waals surface area (Å²) in [5.41, 5.74) is -0.0385. The van der Waals surface area contributed by atoms with E-state index in [1.807, 2.05) is 0 Å². The van der Waals surface area contributed by atoms with Crippen molar-refractivity contribution >= 4 is 15.9 Å². The molecule has 20 heavy (non-hydrogen) atoms. The molecule has 0 saturated carbocycles. The molecule has 0 bridgehead atoms. The van der Waals surface area contributed by atoms with Crippen molar-refractivity contribution in [2.75, 3.05) is 31.4 Å². The zero-order valence-electron chi connectivity index (χ0n) is 11.9. The third-order valence-electron chi connectivity index (χ3n) is 2.78. The highest BCUT2D eigenvalue weighted by Gasteiger charge is 2.18. The van der Waals surface area contributed by atoms with Crippen molar-refractivity contribution in [1.29, 1.82) is 0 Å². The van der Waals surface area contributed by atoms with Crippen LogP contribution in [-0.4, -0.2) is 39.4 Å². The molecule has 0 aromatic heterocycles. The number of anilines is 1. The van der Waals surface area contributed by atoms with Gasteiger partial charge in [-0.1, -0.05) is 19.1 Å². The van der Waals surface area contributed by atoms with Crippen molar-refractivity contribution in [2.24, 2.45) is 0 Å². The van der Waals surface area contributed by atoms with Crippen molar-refractivity contribution in [2.45, 2.75) is 19.8 Å². The molecule has 0 saturated heterocycles. The molecule has 1 aromatic rings. The smallest absolute Gasteiger partial charge is 0.301 e. The standard InChI is InChI=1S/C13H22FN3O2S/c1-3-9-15-10-6-11-17(2)20(18,19)16-13-8-5-4-7-12(13)14/h4-5,7-8,15-16H,3,6,9-11H2,1-2H3. The molecule has 0 radical (unpaired) electrons. The molecular formula is C13H22FN3O2S. The van der Waals surface area contributed by atoms with Crippen molar-refractivity contribution in [3.63, 3.8) is 0 Å². The number of nitrogens with zero attached hydrogens (tertiary/aromatic N) is 1. The van der Waals surface area contributed by atoms with E-state index in [1.165, 1.54) is 29.6 Å². The van der Waals surface area contributed by atoms with Crippen molar-refractivity contribution < 1.29 is 12.8 Å². The van der Waals surface area contributed by atoms with E-state index in [0.29, 0.717) is 13.0 Å². The minimum absolute atomic E-state index is 0.0385. The molecule has 114 valence electrons. The van der Waals surface area contributed by atoms with Crippen LogP contribution >= 0.6 is 0 Å². The summed E-state index contributed by atoms with van der Waals surface area (Å²) in [6, 6.07) is 5.70. The summed E-state index contributed by atoms with van der Waals surface area (Å²) in [5, 5.41) is 3.20. The molecule has 7 heteroatoms. The third kappa shape index (κ3) is 5.44. The van der Waals surface area contributed by atoms with Gasteiger partial charge in [-0.25, -0.2) is 4.39 Å². The van der Waals surface area contributed by atoms with Crippen LogP contribution in [0.25, 0.3) is 0 Å². The molecule has 0 aliphatic rings. The average Bonchev–Trinajstić information content (AvgIpc) is 2.40. The van der Waals surface area contributed by atoms with Crippen LogP contribution in [0.5, 0.6) is 0 Å². The summed E-state index contributed by atoms with van der Waals surface area (Å²) >= 11 is 0. The van der Waals surface area contributed by atoms with Gasteiger partial charge in [0.25, 0.3) is 0 Å². The Kier molecular flexibility index (Phi) is 6.90. The Morgan fingerprint density at radius 1 is 1.25 bits per heavy atom. The first-order chi connectivity index (χ1) is 9.47. The predicted octanol–water partition coefficient (Wildman–Crippen LogP) is 1.80. The second-order valence-corrected chi connectivity index (χ2v) is 6.29. The van der Waals surface area contributed by atoms with Crippen LogP contribution in [0.2, 0.25) is 0 Å². The first kappa shape index (κ1) is 16.9. The number of hydrogen-bond donors (Lipinski definition) is 2. The molecule has 0 amide bonds. The summed E-state index contributed by atoms with van der Waals surface area (Å²) < 4.78 is 40.8. The van der Waals surface area contributed by atoms with Crippen LogP contribution in [0, 0.1) is 5.82 Å². The minimum atomic E-state index is -3.71. The second kappa shape index (κ2) is 8.18. The van der Waals surface area contributed by atoms with E-state index >= 15 is 0 Å². The predicted molar refractivity (Wildman–Crippen MR) is 79.4 cm³/mol. The summed E-state index contributed by atoms with van der Waals surface area (Å²) in [4.78, 5) is 0. The summed E-state index contributed by atoms with van der Waals surface area (Å²) in [6.07, 6.45) is 1.75. The second-order valence-electron chi connectivity index (χ2n) is 4.51. The summed E-state index contributed by atoms with van der Waals surface area (Å²) in [5.74, 6) is -0.589. The van der Waals surface area contributed by atoms with Crippen LogP contribution in [0.4, 0.5) is 10.1 Å². The Hall–Kier alpha value is -1.18. The largest absolute Gasteiger partial charge is 0.317 e. The van der Waals surface area contributed by atoms with Crippen molar-refractivity contribution in [1.82, 2.24) is 9.62 Å². The maximum Gasteiger partial charge on any atom is 0.301 e. The van der Waals surface area contributed by atoms with E-state index in [4.69, 9.17) is 0 Å². The van der Waals surface area contributed by atoms with Gasteiger partial charge in [-0.05, 0) is 38.1 Å². The van der Waals surface area contributed by atoms with Gasteiger partial charge in [-0.3, -0.25) is 4.72 Å². The Morgan fingerprint density at radius 2 is 1.95 bits per heavy atom. The Labute approximate surface area is 120 Å². The maximum absolute atomic E-state index is 13.4. The molecule has 0 spiro atoms. The molecule has 0 heterocycles. The van der Waals surface area contributed by atoms with Gasteiger partial charge in [0.05, 0.1) is 5.69 Å². The van der Waals surface area contributed by atoms with Gasteiger partial charge in [-0.15, -0.1) is 0 Å². The lowest BCUT2D eigenvalue weighted by Crippen LogP contribution is -2.34. The molecule has 1 aromatic carbocycles. The molecule has 2 N–H and O–H groups in total. The quantitative estimate of drug-likeness (QED) is 0.684. The highest BCUT2D eigenvalue weighted by Crippen LogP contribution is 2.15. The molecule has 0 aliphatic heterocycles.